The number of hydrogen-bond acceptors (Lipinski definition) is 2. The Morgan fingerprint density at radius 2 is 1.71 bits per heavy atom. The van der Waals surface area contributed by atoms with E-state index in [-0.39, 0.29) is 0 Å². The molecule has 1 unspecified atom stereocenters. The highest BCUT2D eigenvalue weighted by Gasteiger charge is 1.89. The van der Waals surface area contributed by atoms with E-state index in [2.05, 4.69) is 4.74 Å². The normalized spacial score (nSPS) is 11.5. The number of benzene rings is 1. The van der Waals surface area contributed by atoms with Crippen LogP contribution in [0.4, 0.5) is 0 Å². The molecule has 0 saturated carbocycles. The third-order valence-corrected chi connectivity index (χ3v) is 1.99. The maximum Gasteiger partial charge on any atom is 0.151 e. The summed E-state index contributed by atoms with van der Waals surface area (Å²) < 4.78 is 4.60. The van der Waals surface area contributed by atoms with Crippen molar-refractivity contribution in [1.82, 2.24) is 0 Å². The standard InChI is InChI=1S/C6H4Cl2.C4H10O2/c7-5-3-1-2-4-6(5)8;1-3-6-4(2)5/h1-4H;4-5H,3H2,1-2H3. The van der Waals surface area contributed by atoms with Gasteiger partial charge in [0.2, 0.25) is 0 Å². The topological polar surface area (TPSA) is 29.5 Å². The second-order valence-corrected chi connectivity index (χ2v) is 3.28. The molecule has 4 heteroatoms. The average molecular weight is 237 g/mol. The minimum atomic E-state index is -0.602. The molecule has 1 rings (SSSR count). The number of aliphatic hydroxyl groups is 1. The Morgan fingerprint density at radius 3 is 1.86 bits per heavy atom. The van der Waals surface area contributed by atoms with E-state index in [1.807, 2.05) is 19.1 Å². The molecule has 0 spiro atoms. The molecule has 2 nitrogen and oxygen atoms in total. The first-order chi connectivity index (χ1) is 6.57. The molecule has 0 aliphatic carbocycles. The molecule has 1 aromatic carbocycles. The third kappa shape index (κ3) is 7.15. The smallest absolute Gasteiger partial charge is 0.151 e. The van der Waals surface area contributed by atoms with Crippen LogP contribution in [0.5, 0.6) is 0 Å². The molecule has 0 heterocycles. The van der Waals surface area contributed by atoms with Gasteiger partial charge in [0.15, 0.2) is 6.29 Å². The van der Waals surface area contributed by atoms with Crippen molar-refractivity contribution in [1.29, 1.82) is 0 Å². The predicted octanol–water partition coefficient (Wildman–Crippen LogP) is 3.35. The monoisotopic (exact) mass is 236 g/mol. The molecule has 0 bridgehead atoms. The molecule has 1 atom stereocenters. The first kappa shape index (κ1) is 13.7. The van der Waals surface area contributed by atoms with Crippen LogP contribution in [0, 0.1) is 0 Å². The molecular formula is C10H14Cl2O2. The Kier molecular flexibility index (Phi) is 7.90. The Balaban J connectivity index is 0.000000255. The van der Waals surface area contributed by atoms with Gasteiger partial charge in [0, 0.05) is 6.61 Å². The fourth-order valence-corrected chi connectivity index (χ4v) is 0.952. The highest BCUT2D eigenvalue weighted by atomic mass is 35.5. The summed E-state index contributed by atoms with van der Waals surface area (Å²) in [5.74, 6) is 0. The molecule has 80 valence electrons. The van der Waals surface area contributed by atoms with E-state index in [4.69, 9.17) is 28.3 Å². The lowest BCUT2D eigenvalue weighted by atomic mass is 10.4. The van der Waals surface area contributed by atoms with Crippen LogP contribution in [0.15, 0.2) is 24.3 Å². The number of rotatable bonds is 2. The van der Waals surface area contributed by atoms with E-state index in [9.17, 15) is 0 Å². The second-order valence-electron chi connectivity index (χ2n) is 2.47. The van der Waals surface area contributed by atoms with Crippen LogP contribution in [0.1, 0.15) is 13.8 Å². The summed E-state index contributed by atoms with van der Waals surface area (Å²) in [5, 5.41) is 9.54. The van der Waals surface area contributed by atoms with E-state index in [0.29, 0.717) is 16.7 Å². The van der Waals surface area contributed by atoms with Gasteiger partial charge in [-0.1, -0.05) is 35.3 Å². The number of ether oxygens (including phenoxy) is 1. The first-order valence-corrected chi connectivity index (χ1v) is 5.03. The molecule has 0 aromatic heterocycles. The highest BCUT2D eigenvalue weighted by Crippen LogP contribution is 2.19. The minimum absolute atomic E-state index is 0.581. The summed E-state index contributed by atoms with van der Waals surface area (Å²) in [7, 11) is 0. The Morgan fingerprint density at radius 1 is 1.29 bits per heavy atom. The van der Waals surface area contributed by atoms with Crippen LogP contribution in [-0.4, -0.2) is 18.0 Å². The van der Waals surface area contributed by atoms with Crippen molar-refractivity contribution in [2.45, 2.75) is 20.1 Å². The predicted molar refractivity (Wildman–Crippen MR) is 59.8 cm³/mol. The highest BCUT2D eigenvalue weighted by molar-refractivity contribution is 6.41. The zero-order chi connectivity index (χ0) is 11.0. The lowest BCUT2D eigenvalue weighted by Crippen LogP contribution is -2.04. The van der Waals surface area contributed by atoms with Crippen molar-refractivity contribution in [3.8, 4) is 0 Å². The first-order valence-electron chi connectivity index (χ1n) is 4.27. The van der Waals surface area contributed by atoms with Gasteiger partial charge in [0.05, 0.1) is 10.0 Å². The Labute approximate surface area is 94.4 Å². The van der Waals surface area contributed by atoms with Crippen molar-refractivity contribution >= 4 is 23.2 Å². The molecule has 0 aliphatic rings. The molecule has 0 fully saturated rings. The summed E-state index contributed by atoms with van der Waals surface area (Å²) in [6.45, 7) is 4.01. The average Bonchev–Trinajstić information content (AvgIpc) is 2.11. The molecule has 14 heavy (non-hydrogen) atoms. The van der Waals surface area contributed by atoms with Crippen LogP contribution in [-0.2, 0) is 4.74 Å². The van der Waals surface area contributed by atoms with E-state index >= 15 is 0 Å². The molecule has 0 saturated heterocycles. The summed E-state index contributed by atoms with van der Waals surface area (Å²) in [5.41, 5.74) is 0. The molecule has 0 amide bonds. The van der Waals surface area contributed by atoms with Crippen molar-refractivity contribution in [3.63, 3.8) is 0 Å². The SMILES string of the molecule is CCOC(C)O.Clc1ccccc1Cl. The lowest BCUT2D eigenvalue weighted by molar-refractivity contribution is -0.0800. The molecule has 0 aliphatic heterocycles. The van der Waals surface area contributed by atoms with Crippen LogP contribution in [0.25, 0.3) is 0 Å². The molecular weight excluding hydrogens is 223 g/mol. The zero-order valence-electron chi connectivity index (χ0n) is 8.21. The molecule has 0 radical (unpaired) electrons. The number of hydrogen-bond donors (Lipinski definition) is 1. The summed E-state index contributed by atoms with van der Waals surface area (Å²) in [6, 6.07) is 7.19. The summed E-state index contributed by atoms with van der Waals surface area (Å²) in [4.78, 5) is 0. The quantitative estimate of drug-likeness (QED) is 0.799. The van der Waals surface area contributed by atoms with Gasteiger partial charge in [0.25, 0.3) is 0 Å². The maximum absolute atomic E-state index is 8.33. The number of halogens is 2. The van der Waals surface area contributed by atoms with Crippen molar-refractivity contribution < 1.29 is 9.84 Å². The van der Waals surface area contributed by atoms with Crippen LogP contribution < -0.4 is 0 Å². The van der Waals surface area contributed by atoms with Gasteiger partial charge in [-0.3, -0.25) is 0 Å². The second kappa shape index (κ2) is 8.06. The van der Waals surface area contributed by atoms with Gasteiger partial charge in [-0.2, -0.15) is 0 Å². The van der Waals surface area contributed by atoms with Crippen LogP contribution in [0.2, 0.25) is 10.0 Å². The largest absolute Gasteiger partial charge is 0.368 e. The third-order valence-electron chi connectivity index (χ3n) is 1.23. The maximum atomic E-state index is 8.33. The fourth-order valence-electron chi connectivity index (χ4n) is 0.680. The Hall–Kier alpha value is -0.280. The van der Waals surface area contributed by atoms with Gasteiger partial charge in [-0.15, -0.1) is 0 Å². The van der Waals surface area contributed by atoms with Gasteiger partial charge in [-0.05, 0) is 26.0 Å². The van der Waals surface area contributed by atoms with Crippen molar-refractivity contribution in [2.24, 2.45) is 0 Å². The molecule has 1 aromatic rings. The lowest BCUT2D eigenvalue weighted by Gasteiger charge is -1.99. The van der Waals surface area contributed by atoms with Crippen molar-refractivity contribution in [2.75, 3.05) is 6.61 Å². The van der Waals surface area contributed by atoms with Gasteiger partial charge in [-0.25, -0.2) is 0 Å². The zero-order valence-corrected chi connectivity index (χ0v) is 9.72. The summed E-state index contributed by atoms with van der Waals surface area (Å²) in [6.07, 6.45) is -0.602. The van der Waals surface area contributed by atoms with Crippen LogP contribution in [0.3, 0.4) is 0 Å². The number of aliphatic hydroxyl groups excluding tert-OH is 1. The van der Waals surface area contributed by atoms with E-state index in [1.165, 1.54) is 0 Å². The van der Waals surface area contributed by atoms with Gasteiger partial charge >= 0.3 is 0 Å². The van der Waals surface area contributed by atoms with E-state index in [1.54, 1.807) is 19.1 Å². The summed E-state index contributed by atoms with van der Waals surface area (Å²) >= 11 is 11.2. The minimum Gasteiger partial charge on any atom is -0.368 e. The molecule has 1 N–H and O–H groups in total. The Bertz CT molecular complexity index is 231. The van der Waals surface area contributed by atoms with Crippen LogP contribution >= 0.6 is 23.2 Å². The van der Waals surface area contributed by atoms with E-state index < -0.39 is 6.29 Å². The van der Waals surface area contributed by atoms with Crippen molar-refractivity contribution in [3.05, 3.63) is 34.3 Å². The van der Waals surface area contributed by atoms with E-state index in [0.717, 1.165) is 0 Å². The van der Waals surface area contributed by atoms with Gasteiger partial charge in [0.1, 0.15) is 0 Å². The fraction of sp³-hybridized carbons (Fsp3) is 0.400. The van der Waals surface area contributed by atoms with Gasteiger partial charge < -0.3 is 9.84 Å².